The fourth-order valence-electron chi connectivity index (χ4n) is 5.94. The van der Waals surface area contributed by atoms with Crippen LogP contribution in [0.3, 0.4) is 0 Å². The predicted molar refractivity (Wildman–Crippen MR) is 97.4 cm³/mol. The van der Waals surface area contributed by atoms with Gasteiger partial charge in [-0.25, -0.2) is 0 Å². The summed E-state index contributed by atoms with van der Waals surface area (Å²) in [6.07, 6.45) is 5.03. The maximum atomic E-state index is 12.7. The first-order valence-corrected chi connectivity index (χ1v) is 11.2. The largest absolute Gasteiger partial charge is 0.534 e. The van der Waals surface area contributed by atoms with Crippen LogP contribution in [0.2, 0.25) is 0 Å². The van der Waals surface area contributed by atoms with E-state index in [-0.39, 0.29) is 17.3 Å². The van der Waals surface area contributed by atoms with Crippen molar-refractivity contribution in [2.45, 2.75) is 69.9 Å². The van der Waals surface area contributed by atoms with Gasteiger partial charge in [0.25, 0.3) is 0 Å². The first-order valence-electron chi connectivity index (χ1n) is 9.76. The fourth-order valence-corrected chi connectivity index (χ4v) is 6.45. The van der Waals surface area contributed by atoms with Gasteiger partial charge in [0.1, 0.15) is 5.75 Å². The lowest BCUT2D eigenvalue weighted by atomic mass is 9.55. The van der Waals surface area contributed by atoms with Gasteiger partial charge in [-0.3, -0.25) is 0 Å². The number of aryl methyl sites for hydroxylation is 2. The predicted octanol–water partition coefficient (Wildman–Crippen LogP) is 4.44. The highest BCUT2D eigenvalue weighted by Crippen LogP contribution is 2.61. The third-order valence-corrected chi connectivity index (χ3v) is 8.42. The standard InChI is InChI=1S/C20H25F3O4S/c1-11-9-15-12(10-17(11)27-28(25,26)20(21,22)23)3-4-14-13(15)7-8-19(2)16(14)5-6-18(19)24/h9-10,13-14,16,18,24H,3-8H2,1-2H3/t13?,14?,16?,18-,19-/m0/s1. The summed E-state index contributed by atoms with van der Waals surface area (Å²) >= 11 is 0. The Morgan fingerprint density at radius 3 is 2.57 bits per heavy atom. The van der Waals surface area contributed by atoms with Crippen LogP contribution in [0.15, 0.2) is 12.1 Å². The summed E-state index contributed by atoms with van der Waals surface area (Å²) in [6.45, 7) is 3.77. The van der Waals surface area contributed by atoms with Crippen LogP contribution < -0.4 is 4.18 Å². The molecule has 28 heavy (non-hydrogen) atoms. The van der Waals surface area contributed by atoms with Crippen molar-refractivity contribution in [2.75, 3.05) is 0 Å². The van der Waals surface area contributed by atoms with E-state index in [0.717, 1.165) is 43.2 Å². The zero-order valence-corrected chi connectivity index (χ0v) is 16.7. The second-order valence-corrected chi connectivity index (χ2v) is 10.4. The van der Waals surface area contributed by atoms with Gasteiger partial charge < -0.3 is 9.29 Å². The van der Waals surface area contributed by atoms with Gasteiger partial charge >= 0.3 is 15.6 Å². The summed E-state index contributed by atoms with van der Waals surface area (Å²) in [6, 6.07) is 3.28. The van der Waals surface area contributed by atoms with Gasteiger partial charge in [-0.05, 0) is 91.4 Å². The highest BCUT2D eigenvalue weighted by atomic mass is 32.2. The van der Waals surface area contributed by atoms with E-state index in [0.29, 0.717) is 29.7 Å². The molecule has 4 rings (SSSR count). The molecule has 3 unspecified atom stereocenters. The summed E-state index contributed by atoms with van der Waals surface area (Å²) in [4.78, 5) is 0. The molecule has 0 bridgehead atoms. The van der Waals surface area contributed by atoms with Crippen LogP contribution in [0.5, 0.6) is 5.75 Å². The lowest BCUT2D eigenvalue weighted by Crippen LogP contribution is -2.43. The SMILES string of the molecule is Cc1cc2c(cc1OS(=O)(=O)C(F)(F)F)CCC1C2CC[C@@]2(C)C1CC[C@@H]2O. The molecule has 2 saturated carbocycles. The maximum absolute atomic E-state index is 12.7. The summed E-state index contributed by atoms with van der Waals surface area (Å²) in [5.74, 6) is 0.968. The van der Waals surface area contributed by atoms with Gasteiger partial charge in [0.05, 0.1) is 6.10 Å². The van der Waals surface area contributed by atoms with E-state index in [4.69, 9.17) is 0 Å². The molecule has 3 aliphatic carbocycles. The van der Waals surface area contributed by atoms with Crippen molar-refractivity contribution in [3.8, 4) is 5.75 Å². The van der Waals surface area contributed by atoms with E-state index in [1.54, 1.807) is 13.0 Å². The number of rotatable bonds is 2. The third kappa shape index (κ3) is 2.95. The fraction of sp³-hybridized carbons (Fsp3) is 0.700. The molecule has 1 aromatic rings. The van der Waals surface area contributed by atoms with Crippen molar-refractivity contribution in [1.29, 1.82) is 0 Å². The lowest BCUT2D eigenvalue weighted by Gasteiger charge is -2.50. The van der Waals surface area contributed by atoms with Crippen LogP contribution in [0.25, 0.3) is 0 Å². The zero-order chi connectivity index (χ0) is 20.5. The van der Waals surface area contributed by atoms with E-state index in [2.05, 4.69) is 11.1 Å². The Balaban J connectivity index is 1.65. The molecule has 0 saturated heterocycles. The summed E-state index contributed by atoms with van der Waals surface area (Å²) < 4.78 is 65.2. The molecule has 4 nitrogen and oxygen atoms in total. The molecule has 0 heterocycles. The molecule has 0 aliphatic heterocycles. The number of aliphatic hydroxyl groups is 1. The Morgan fingerprint density at radius 1 is 1.18 bits per heavy atom. The van der Waals surface area contributed by atoms with E-state index in [1.165, 1.54) is 6.07 Å². The number of fused-ring (bicyclic) bond motifs is 5. The van der Waals surface area contributed by atoms with Gasteiger partial charge in [-0.2, -0.15) is 21.6 Å². The topological polar surface area (TPSA) is 63.6 Å². The van der Waals surface area contributed by atoms with Gasteiger partial charge in [-0.15, -0.1) is 0 Å². The maximum Gasteiger partial charge on any atom is 0.534 e. The Morgan fingerprint density at radius 2 is 1.89 bits per heavy atom. The minimum absolute atomic E-state index is 0.0441. The summed E-state index contributed by atoms with van der Waals surface area (Å²) in [5, 5.41) is 10.5. The van der Waals surface area contributed by atoms with Crippen LogP contribution in [0, 0.1) is 24.2 Å². The Bertz CT molecular complexity index is 895. The molecule has 0 amide bonds. The molecule has 2 fully saturated rings. The Kier molecular flexibility index (Phi) is 4.54. The number of alkyl halides is 3. The van der Waals surface area contributed by atoms with Crippen molar-refractivity contribution in [3.05, 3.63) is 28.8 Å². The van der Waals surface area contributed by atoms with Crippen molar-refractivity contribution < 1.29 is 30.9 Å². The molecule has 1 N–H and O–H groups in total. The van der Waals surface area contributed by atoms with Crippen molar-refractivity contribution in [2.24, 2.45) is 17.3 Å². The first-order chi connectivity index (χ1) is 12.9. The molecule has 0 aromatic heterocycles. The number of aliphatic hydroxyl groups excluding tert-OH is 1. The van der Waals surface area contributed by atoms with Crippen molar-refractivity contribution in [3.63, 3.8) is 0 Å². The van der Waals surface area contributed by atoms with Crippen LogP contribution in [-0.2, 0) is 16.5 Å². The number of benzene rings is 1. The number of hydrogen-bond donors (Lipinski definition) is 1. The van der Waals surface area contributed by atoms with E-state index < -0.39 is 15.6 Å². The monoisotopic (exact) mass is 418 g/mol. The van der Waals surface area contributed by atoms with Crippen LogP contribution in [0.4, 0.5) is 13.2 Å². The van der Waals surface area contributed by atoms with Crippen LogP contribution in [0.1, 0.15) is 61.6 Å². The highest BCUT2D eigenvalue weighted by molar-refractivity contribution is 7.88. The van der Waals surface area contributed by atoms with E-state index >= 15 is 0 Å². The molecular formula is C20H25F3O4S. The van der Waals surface area contributed by atoms with Gasteiger partial charge in [0.15, 0.2) is 0 Å². The average Bonchev–Trinajstić information content (AvgIpc) is 2.89. The van der Waals surface area contributed by atoms with Crippen LogP contribution in [-0.4, -0.2) is 25.1 Å². The molecule has 1 aromatic carbocycles. The van der Waals surface area contributed by atoms with Crippen LogP contribution >= 0.6 is 0 Å². The zero-order valence-electron chi connectivity index (χ0n) is 15.9. The molecule has 0 radical (unpaired) electrons. The lowest BCUT2D eigenvalue weighted by molar-refractivity contribution is -0.0500. The summed E-state index contributed by atoms with van der Waals surface area (Å²) in [7, 11) is -5.68. The molecular weight excluding hydrogens is 393 g/mol. The third-order valence-electron chi connectivity index (χ3n) is 7.45. The molecule has 0 spiro atoms. The second kappa shape index (κ2) is 6.36. The Labute approximate surface area is 163 Å². The number of hydrogen-bond acceptors (Lipinski definition) is 4. The average molecular weight is 418 g/mol. The molecule has 8 heteroatoms. The minimum Gasteiger partial charge on any atom is -0.393 e. The van der Waals surface area contributed by atoms with Crippen molar-refractivity contribution in [1.82, 2.24) is 0 Å². The minimum atomic E-state index is -5.68. The summed E-state index contributed by atoms with van der Waals surface area (Å²) in [5.41, 5.74) is -3.11. The number of halogens is 3. The van der Waals surface area contributed by atoms with Gasteiger partial charge in [-0.1, -0.05) is 13.0 Å². The molecule has 3 aliphatic rings. The van der Waals surface area contributed by atoms with Crippen molar-refractivity contribution >= 4 is 10.1 Å². The highest BCUT2D eigenvalue weighted by Gasteiger charge is 2.54. The van der Waals surface area contributed by atoms with E-state index in [1.807, 2.05) is 0 Å². The van der Waals surface area contributed by atoms with Gasteiger partial charge in [0, 0.05) is 0 Å². The smallest absolute Gasteiger partial charge is 0.393 e. The Hall–Kier alpha value is -1.28. The molecule has 5 atom stereocenters. The quantitative estimate of drug-likeness (QED) is 0.570. The second-order valence-electron chi connectivity index (χ2n) is 8.85. The van der Waals surface area contributed by atoms with E-state index in [9.17, 15) is 26.7 Å². The molecule has 156 valence electrons. The first kappa shape index (κ1) is 20.0. The normalized spacial score (nSPS) is 35.1. The van der Waals surface area contributed by atoms with Gasteiger partial charge in [0.2, 0.25) is 0 Å².